The number of carbonyl (C=O) groups excluding carboxylic acids is 2. The van der Waals surface area contributed by atoms with Gasteiger partial charge in [0.1, 0.15) is 0 Å². The maximum absolute atomic E-state index is 12.2. The molecule has 0 saturated heterocycles. The van der Waals surface area contributed by atoms with E-state index < -0.39 is 0 Å². The Morgan fingerprint density at radius 3 is 1.78 bits per heavy atom. The first-order valence-corrected chi connectivity index (χ1v) is 8.03. The molecule has 5 heteroatoms. The van der Waals surface area contributed by atoms with E-state index in [1.807, 2.05) is 45.0 Å². The van der Waals surface area contributed by atoms with E-state index in [0.29, 0.717) is 16.8 Å². The van der Waals surface area contributed by atoms with Crippen LogP contribution in [0, 0.1) is 0 Å². The zero-order chi connectivity index (χ0) is 17.0. The van der Waals surface area contributed by atoms with Crippen molar-refractivity contribution in [2.45, 2.75) is 26.3 Å². The van der Waals surface area contributed by atoms with Crippen LogP contribution in [0.25, 0.3) is 0 Å². The molecule has 0 unspecified atom stereocenters. The van der Waals surface area contributed by atoms with Gasteiger partial charge in [-0.2, -0.15) is 0 Å². The maximum atomic E-state index is 12.2. The molecule has 4 nitrogen and oxygen atoms in total. The highest BCUT2D eigenvalue weighted by atomic mass is 79.9. The fourth-order valence-corrected chi connectivity index (χ4v) is 2.19. The number of hydrogen-bond acceptors (Lipinski definition) is 2. The highest BCUT2D eigenvalue weighted by molar-refractivity contribution is 9.10. The average molecular weight is 375 g/mol. The number of rotatable bonds is 3. The van der Waals surface area contributed by atoms with E-state index in [0.717, 1.165) is 4.47 Å². The van der Waals surface area contributed by atoms with Crippen molar-refractivity contribution in [2.75, 3.05) is 5.32 Å². The van der Waals surface area contributed by atoms with E-state index in [2.05, 4.69) is 26.6 Å². The fraction of sp³-hybridized carbons (Fsp3) is 0.222. The Morgan fingerprint density at radius 1 is 0.826 bits per heavy atom. The van der Waals surface area contributed by atoms with Gasteiger partial charge in [-0.1, -0.05) is 15.9 Å². The molecule has 2 N–H and O–H groups in total. The molecular formula is C18H19BrN2O2. The van der Waals surface area contributed by atoms with Gasteiger partial charge in [-0.25, -0.2) is 0 Å². The quantitative estimate of drug-likeness (QED) is 0.844. The number of nitrogens with one attached hydrogen (secondary N) is 2. The molecule has 0 fully saturated rings. The Labute approximate surface area is 144 Å². The Balaban J connectivity index is 2.05. The molecule has 0 heterocycles. The number of hydrogen-bond donors (Lipinski definition) is 2. The Kier molecular flexibility index (Phi) is 5.21. The molecule has 0 spiro atoms. The fourth-order valence-electron chi connectivity index (χ4n) is 1.92. The summed E-state index contributed by atoms with van der Waals surface area (Å²) in [4.78, 5) is 24.2. The summed E-state index contributed by atoms with van der Waals surface area (Å²) >= 11 is 3.35. The molecule has 0 aliphatic rings. The molecule has 2 rings (SSSR count). The minimum atomic E-state index is -0.297. The lowest BCUT2D eigenvalue weighted by Gasteiger charge is -2.20. The van der Waals surface area contributed by atoms with Gasteiger partial charge >= 0.3 is 0 Å². The summed E-state index contributed by atoms with van der Waals surface area (Å²) in [5.74, 6) is -0.368. The van der Waals surface area contributed by atoms with Crippen LogP contribution in [-0.2, 0) is 0 Å². The van der Waals surface area contributed by atoms with Crippen molar-refractivity contribution in [3.8, 4) is 0 Å². The lowest BCUT2D eigenvalue weighted by atomic mass is 10.1. The first-order chi connectivity index (χ1) is 10.7. The van der Waals surface area contributed by atoms with Gasteiger partial charge in [0.2, 0.25) is 0 Å². The van der Waals surface area contributed by atoms with Gasteiger partial charge in [0.05, 0.1) is 0 Å². The molecule has 0 bridgehead atoms. The number of halogens is 1. The Bertz CT molecular complexity index is 701. The second-order valence-electron chi connectivity index (χ2n) is 6.24. The minimum Gasteiger partial charge on any atom is -0.347 e. The highest BCUT2D eigenvalue weighted by Crippen LogP contribution is 2.15. The molecule has 0 radical (unpaired) electrons. The summed E-state index contributed by atoms with van der Waals surface area (Å²) in [6.45, 7) is 5.76. The molecule has 23 heavy (non-hydrogen) atoms. The first-order valence-electron chi connectivity index (χ1n) is 7.24. The topological polar surface area (TPSA) is 58.2 Å². The summed E-state index contributed by atoms with van der Waals surface area (Å²) in [5, 5.41) is 5.70. The molecule has 0 aromatic heterocycles. The van der Waals surface area contributed by atoms with Crippen molar-refractivity contribution in [1.29, 1.82) is 0 Å². The Morgan fingerprint density at radius 2 is 1.30 bits per heavy atom. The van der Waals surface area contributed by atoms with Crippen molar-refractivity contribution >= 4 is 33.4 Å². The van der Waals surface area contributed by atoms with E-state index in [4.69, 9.17) is 0 Å². The van der Waals surface area contributed by atoms with Crippen LogP contribution in [-0.4, -0.2) is 17.4 Å². The zero-order valence-corrected chi connectivity index (χ0v) is 14.9. The van der Waals surface area contributed by atoms with Crippen LogP contribution in [0.1, 0.15) is 41.5 Å². The molecule has 0 saturated carbocycles. The summed E-state index contributed by atoms with van der Waals surface area (Å²) in [5.41, 5.74) is 1.45. The normalized spacial score (nSPS) is 11.0. The predicted octanol–water partition coefficient (Wildman–Crippen LogP) is 4.23. The van der Waals surface area contributed by atoms with Gasteiger partial charge in [-0.05, 0) is 69.3 Å². The second kappa shape index (κ2) is 6.96. The summed E-state index contributed by atoms with van der Waals surface area (Å²) in [6, 6.07) is 13.9. The number of benzene rings is 2. The SMILES string of the molecule is CC(C)(C)NC(=O)c1ccc(C(=O)Nc2ccc(Br)cc2)cc1. The van der Waals surface area contributed by atoms with Crippen LogP contribution in [0.2, 0.25) is 0 Å². The van der Waals surface area contributed by atoms with Crippen LogP contribution in [0.5, 0.6) is 0 Å². The molecule has 2 amide bonds. The van der Waals surface area contributed by atoms with E-state index >= 15 is 0 Å². The molecule has 120 valence electrons. The molecule has 2 aromatic carbocycles. The average Bonchev–Trinajstić information content (AvgIpc) is 2.48. The third kappa shape index (κ3) is 5.21. The highest BCUT2D eigenvalue weighted by Gasteiger charge is 2.15. The third-order valence-corrected chi connectivity index (χ3v) is 3.53. The van der Waals surface area contributed by atoms with Gasteiger partial charge < -0.3 is 10.6 Å². The first kappa shape index (κ1) is 17.2. The zero-order valence-electron chi connectivity index (χ0n) is 13.3. The number of amides is 2. The maximum Gasteiger partial charge on any atom is 0.255 e. The van der Waals surface area contributed by atoms with E-state index in [-0.39, 0.29) is 17.4 Å². The van der Waals surface area contributed by atoms with Crippen molar-refractivity contribution in [1.82, 2.24) is 5.32 Å². The van der Waals surface area contributed by atoms with Crippen molar-refractivity contribution < 1.29 is 9.59 Å². The lowest BCUT2D eigenvalue weighted by molar-refractivity contribution is 0.0918. The van der Waals surface area contributed by atoms with Crippen LogP contribution >= 0.6 is 15.9 Å². The lowest BCUT2D eigenvalue weighted by Crippen LogP contribution is -2.40. The van der Waals surface area contributed by atoms with E-state index in [9.17, 15) is 9.59 Å². The van der Waals surface area contributed by atoms with Gasteiger partial charge in [0.25, 0.3) is 11.8 Å². The molecule has 0 atom stereocenters. The standard InChI is InChI=1S/C18H19BrN2O2/c1-18(2,3)21-17(23)13-6-4-12(5-7-13)16(22)20-15-10-8-14(19)9-11-15/h4-11H,1-3H3,(H,20,22)(H,21,23). The molecule has 0 aliphatic heterocycles. The van der Waals surface area contributed by atoms with E-state index in [1.165, 1.54) is 0 Å². The molecule has 0 aliphatic carbocycles. The van der Waals surface area contributed by atoms with E-state index in [1.54, 1.807) is 24.3 Å². The number of carbonyl (C=O) groups is 2. The Hall–Kier alpha value is -2.14. The smallest absolute Gasteiger partial charge is 0.255 e. The largest absolute Gasteiger partial charge is 0.347 e. The van der Waals surface area contributed by atoms with Crippen molar-refractivity contribution in [2.24, 2.45) is 0 Å². The van der Waals surface area contributed by atoms with Crippen molar-refractivity contribution in [3.05, 3.63) is 64.1 Å². The summed E-state index contributed by atoms with van der Waals surface area (Å²) in [6.07, 6.45) is 0. The van der Waals surface area contributed by atoms with Crippen LogP contribution < -0.4 is 10.6 Å². The van der Waals surface area contributed by atoms with Gasteiger partial charge in [-0.3, -0.25) is 9.59 Å². The molecule has 2 aromatic rings. The summed E-state index contributed by atoms with van der Waals surface area (Å²) < 4.78 is 0.949. The monoisotopic (exact) mass is 374 g/mol. The minimum absolute atomic E-state index is 0.155. The van der Waals surface area contributed by atoms with Crippen LogP contribution in [0.4, 0.5) is 5.69 Å². The predicted molar refractivity (Wildman–Crippen MR) is 95.8 cm³/mol. The second-order valence-corrected chi connectivity index (χ2v) is 7.16. The van der Waals surface area contributed by atoms with Gasteiger partial charge in [-0.15, -0.1) is 0 Å². The number of anilines is 1. The van der Waals surface area contributed by atoms with Crippen LogP contribution in [0.3, 0.4) is 0 Å². The van der Waals surface area contributed by atoms with Gasteiger partial charge in [0.15, 0.2) is 0 Å². The molecular weight excluding hydrogens is 356 g/mol. The van der Waals surface area contributed by atoms with Crippen LogP contribution in [0.15, 0.2) is 53.0 Å². The van der Waals surface area contributed by atoms with Crippen molar-refractivity contribution in [3.63, 3.8) is 0 Å². The summed E-state index contributed by atoms with van der Waals surface area (Å²) in [7, 11) is 0. The van der Waals surface area contributed by atoms with Gasteiger partial charge in [0, 0.05) is 26.8 Å². The third-order valence-electron chi connectivity index (χ3n) is 3.00.